The molecule has 0 spiro atoms. The average Bonchev–Trinajstić information content (AvgIpc) is 2.52. The van der Waals surface area contributed by atoms with Crippen molar-refractivity contribution < 1.29 is 13.2 Å². The molecule has 0 atom stereocenters. The van der Waals surface area contributed by atoms with Crippen LogP contribution < -0.4 is 11.1 Å². The third-order valence-electron chi connectivity index (χ3n) is 3.86. The van der Waals surface area contributed by atoms with Crippen molar-refractivity contribution in [1.82, 2.24) is 5.32 Å². The maximum atomic E-state index is 12.3. The molecule has 1 amide bonds. The first kappa shape index (κ1) is 17.7. The molecule has 1 aromatic carbocycles. The third-order valence-corrected chi connectivity index (χ3v) is 5.64. The molecule has 0 aliphatic carbocycles. The highest BCUT2D eigenvalue weighted by atomic mass is 32.2. The summed E-state index contributed by atoms with van der Waals surface area (Å²) in [6, 6.07) is 6.25. The second-order valence-corrected chi connectivity index (χ2v) is 7.40. The Morgan fingerprint density at radius 3 is 2.29 bits per heavy atom. The van der Waals surface area contributed by atoms with Crippen LogP contribution in [-0.4, -0.2) is 32.2 Å². The number of carbonyl (C=O) groups excluding carboxylic acids is 1. The topological polar surface area (TPSA) is 89.3 Å². The zero-order valence-corrected chi connectivity index (χ0v) is 13.7. The molecule has 21 heavy (non-hydrogen) atoms. The van der Waals surface area contributed by atoms with Crippen LogP contribution in [0.25, 0.3) is 0 Å². The molecule has 0 aliphatic rings. The fourth-order valence-electron chi connectivity index (χ4n) is 1.93. The van der Waals surface area contributed by atoms with Crippen LogP contribution in [0.15, 0.2) is 29.2 Å². The van der Waals surface area contributed by atoms with E-state index in [2.05, 4.69) is 5.32 Å². The van der Waals surface area contributed by atoms with Crippen molar-refractivity contribution in [3.8, 4) is 0 Å². The molecular formula is C15H24N2O3S. The van der Waals surface area contributed by atoms with Gasteiger partial charge in [0.2, 0.25) is 0 Å². The summed E-state index contributed by atoms with van der Waals surface area (Å²) < 4.78 is 24.1. The highest BCUT2D eigenvalue weighted by Gasteiger charge is 2.24. The number of hydrogen-bond donors (Lipinski definition) is 2. The van der Waals surface area contributed by atoms with Crippen molar-refractivity contribution in [3.05, 3.63) is 29.8 Å². The van der Waals surface area contributed by atoms with Crippen molar-refractivity contribution in [2.75, 3.05) is 12.3 Å². The van der Waals surface area contributed by atoms with Gasteiger partial charge in [-0.25, -0.2) is 8.42 Å². The highest BCUT2D eigenvalue weighted by molar-refractivity contribution is 7.91. The first-order chi connectivity index (χ1) is 9.79. The van der Waals surface area contributed by atoms with E-state index >= 15 is 0 Å². The molecule has 0 saturated heterocycles. The fraction of sp³-hybridized carbons (Fsp3) is 0.533. The minimum atomic E-state index is -3.43. The fourth-order valence-corrected chi connectivity index (χ4v) is 3.03. The molecule has 0 aliphatic heterocycles. The van der Waals surface area contributed by atoms with Gasteiger partial charge in [0.1, 0.15) is 0 Å². The van der Waals surface area contributed by atoms with Crippen LogP contribution in [0.5, 0.6) is 0 Å². The molecule has 5 nitrogen and oxygen atoms in total. The van der Waals surface area contributed by atoms with Gasteiger partial charge in [0.15, 0.2) is 9.84 Å². The van der Waals surface area contributed by atoms with Crippen LogP contribution in [0.1, 0.15) is 44.0 Å². The van der Waals surface area contributed by atoms with E-state index in [9.17, 15) is 13.2 Å². The Hall–Kier alpha value is -1.40. The summed E-state index contributed by atoms with van der Waals surface area (Å²) in [7, 11) is -3.43. The standard InChI is InChI=1S/C15H24N2O3S/c1-4-15(16,5-2)11-17-14(18)12-9-7-8-10-13(12)21(19,20)6-3/h7-10H,4-6,11,16H2,1-3H3,(H,17,18). The molecule has 0 aromatic heterocycles. The van der Waals surface area contributed by atoms with Crippen molar-refractivity contribution >= 4 is 15.7 Å². The van der Waals surface area contributed by atoms with E-state index in [1.54, 1.807) is 19.1 Å². The summed E-state index contributed by atoms with van der Waals surface area (Å²) in [4.78, 5) is 12.3. The summed E-state index contributed by atoms with van der Waals surface area (Å²) in [5.74, 6) is -0.443. The summed E-state index contributed by atoms with van der Waals surface area (Å²) >= 11 is 0. The Morgan fingerprint density at radius 1 is 1.19 bits per heavy atom. The molecular weight excluding hydrogens is 288 g/mol. The van der Waals surface area contributed by atoms with E-state index in [1.807, 2.05) is 13.8 Å². The number of sulfone groups is 1. The maximum absolute atomic E-state index is 12.3. The van der Waals surface area contributed by atoms with E-state index in [0.29, 0.717) is 6.54 Å². The zero-order valence-electron chi connectivity index (χ0n) is 12.8. The number of benzene rings is 1. The number of rotatable bonds is 7. The first-order valence-corrected chi connectivity index (χ1v) is 8.83. The van der Waals surface area contributed by atoms with Crippen molar-refractivity contribution in [2.45, 2.75) is 44.0 Å². The summed E-state index contributed by atoms with van der Waals surface area (Å²) in [5.41, 5.74) is 5.85. The smallest absolute Gasteiger partial charge is 0.252 e. The number of amides is 1. The van der Waals surface area contributed by atoms with Gasteiger partial charge < -0.3 is 11.1 Å². The predicted octanol–water partition coefficient (Wildman–Crippen LogP) is 1.73. The van der Waals surface area contributed by atoms with E-state index in [1.165, 1.54) is 12.1 Å². The highest BCUT2D eigenvalue weighted by Crippen LogP contribution is 2.17. The van der Waals surface area contributed by atoms with Gasteiger partial charge in [0, 0.05) is 12.1 Å². The minimum Gasteiger partial charge on any atom is -0.350 e. The van der Waals surface area contributed by atoms with Gasteiger partial charge in [-0.15, -0.1) is 0 Å². The molecule has 0 radical (unpaired) electrons. The average molecular weight is 312 g/mol. The maximum Gasteiger partial charge on any atom is 0.252 e. The Bertz CT molecular complexity index is 593. The molecule has 0 saturated carbocycles. The van der Waals surface area contributed by atoms with Gasteiger partial charge in [0.05, 0.1) is 16.2 Å². The third kappa shape index (κ3) is 4.28. The molecule has 0 unspecified atom stereocenters. The molecule has 6 heteroatoms. The number of hydrogen-bond acceptors (Lipinski definition) is 4. The Morgan fingerprint density at radius 2 is 1.76 bits per heavy atom. The molecule has 1 aromatic rings. The van der Waals surface area contributed by atoms with Crippen molar-refractivity contribution in [2.24, 2.45) is 5.73 Å². The lowest BCUT2D eigenvalue weighted by molar-refractivity contribution is 0.0939. The quantitative estimate of drug-likeness (QED) is 0.802. The van der Waals surface area contributed by atoms with Gasteiger partial charge in [-0.2, -0.15) is 0 Å². The van der Waals surface area contributed by atoms with Crippen LogP contribution in [0, 0.1) is 0 Å². The zero-order chi connectivity index (χ0) is 16.1. The van der Waals surface area contributed by atoms with E-state index in [-0.39, 0.29) is 16.2 Å². The van der Waals surface area contributed by atoms with E-state index < -0.39 is 21.3 Å². The largest absolute Gasteiger partial charge is 0.350 e. The van der Waals surface area contributed by atoms with Crippen LogP contribution in [0.4, 0.5) is 0 Å². The SMILES string of the molecule is CCC(N)(CC)CNC(=O)c1ccccc1S(=O)(=O)CC. The van der Waals surface area contributed by atoms with Gasteiger partial charge in [0.25, 0.3) is 5.91 Å². The van der Waals surface area contributed by atoms with E-state index in [0.717, 1.165) is 12.8 Å². The van der Waals surface area contributed by atoms with Crippen LogP contribution in [0.2, 0.25) is 0 Å². The molecule has 1 rings (SSSR count). The normalized spacial score (nSPS) is 12.2. The number of nitrogens with one attached hydrogen (secondary N) is 1. The van der Waals surface area contributed by atoms with Crippen LogP contribution in [-0.2, 0) is 9.84 Å². The summed E-state index contributed by atoms with van der Waals surface area (Å²) in [6.45, 7) is 5.80. The van der Waals surface area contributed by atoms with Crippen molar-refractivity contribution in [3.63, 3.8) is 0 Å². The van der Waals surface area contributed by atoms with Crippen LogP contribution in [0.3, 0.4) is 0 Å². The lowest BCUT2D eigenvalue weighted by Crippen LogP contribution is -2.49. The molecule has 0 fully saturated rings. The molecule has 118 valence electrons. The Kier molecular flexibility index (Phi) is 5.92. The molecule has 3 N–H and O–H groups in total. The van der Waals surface area contributed by atoms with Crippen LogP contribution >= 0.6 is 0 Å². The Balaban J connectivity index is 3.00. The van der Waals surface area contributed by atoms with Gasteiger partial charge in [-0.1, -0.05) is 32.9 Å². The molecule has 0 bridgehead atoms. The minimum absolute atomic E-state index is 0.0396. The van der Waals surface area contributed by atoms with Gasteiger partial charge in [-0.3, -0.25) is 4.79 Å². The number of carbonyl (C=O) groups is 1. The van der Waals surface area contributed by atoms with Gasteiger partial charge >= 0.3 is 0 Å². The second-order valence-electron chi connectivity index (χ2n) is 5.15. The summed E-state index contributed by atoms with van der Waals surface area (Å²) in [6.07, 6.45) is 1.47. The monoisotopic (exact) mass is 312 g/mol. The Labute approximate surface area is 126 Å². The lowest BCUT2D eigenvalue weighted by Gasteiger charge is -2.27. The van der Waals surface area contributed by atoms with Crippen molar-refractivity contribution in [1.29, 1.82) is 0 Å². The first-order valence-electron chi connectivity index (χ1n) is 7.18. The van der Waals surface area contributed by atoms with Gasteiger partial charge in [-0.05, 0) is 25.0 Å². The second kappa shape index (κ2) is 7.04. The summed E-state index contributed by atoms with van der Waals surface area (Å²) in [5, 5.41) is 2.75. The number of nitrogens with two attached hydrogens (primary N) is 1. The molecule has 0 heterocycles. The predicted molar refractivity (Wildman–Crippen MR) is 84.0 cm³/mol. The van der Waals surface area contributed by atoms with E-state index in [4.69, 9.17) is 5.73 Å². The lowest BCUT2D eigenvalue weighted by atomic mass is 9.94.